The number of allylic oxidation sites excluding steroid dienone is 2. The summed E-state index contributed by atoms with van der Waals surface area (Å²) in [6, 6.07) is 7.40. The molecule has 13 atom stereocenters. The monoisotopic (exact) mass is 1060 g/mol. The summed E-state index contributed by atoms with van der Waals surface area (Å²) in [6.07, 6.45) is 17.1. The molecule has 6 fully saturated rings. The lowest BCUT2D eigenvalue weighted by Crippen LogP contribution is -2.51. The molecule has 408 valence electrons. The Balaban J connectivity index is 0.000000151. The number of benzene rings is 2. The zero-order chi connectivity index (χ0) is 54.7. The number of sulfone groups is 1. The number of aliphatic hydroxyl groups excluding tert-OH is 1. The van der Waals surface area contributed by atoms with Crippen LogP contribution in [-0.4, -0.2) is 65.6 Å². The molecule has 8 aliphatic carbocycles. The Labute approximate surface area is 439 Å². The lowest BCUT2D eigenvalue weighted by Gasteiger charge is -2.57. The van der Waals surface area contributed by atoms with Crippen molar-refractivity contribution >= 4 is 39.0 Å². The fraction of sp³-hybridized carbons (Fsp3) is 0.644. The van der Waals surface area contributed by atoms with Gasteiger partial charge in [0.25, 0.3) is 5.91 Å². The fourth-order valence-electron chi connectivity index (χ4n) is 15.9. The number of alkyl halides is 3. The highest BCUT2D eigenvalue weighted by molar-refractivity contribution is 7.91. The average Bonchev–Trinajstić information content (AvgIpc) is 3.87. The van der Waals surface area contributed by atoms with Crippen LogP contribution < -0.4 is 5.32 Å². The van der Waals surface area contributed by atoms with E-state index in [1.54, 1.807) is 0 Å². The van der Waals surface area contributed by atoms with Gasteiger partial charge in [-0.25, -0.2) is 12.8 Å². The van der Waals surface area contributed by atoms with Crippen molar-refractivity contribution in [2.75, 3.05) is 11.1 Å². The molecule has 0 radical (unpaired) electrons. The Hall–Kier alpha value is -4.72. The maximum absolute atomic E-state index is 13.0. The molecular weight excluding hydrogens is 989 g/mol. The van der Waals surface area contributed by atoms with E-state index in [1.807, 2.05) is 24.4 Å². The van der Waals surface area contributed by atoms with Gasteiger partial charge in [-0.3, -0.25) is 19.2 Å². The standard InChI is InChI=1S/C22H32O3.C19H28O2.C18H14F4N2O4S/c1-4-20(24)25-19-8-7-17-16-6-5-14-13-15(23)9-11-21(14,2)18(16)10-12-22(17,19)3;1-18-9-7-13(20)11-12(18)3-4-14-15-5-6-17(21)19(15,2)10-8-16(14)18;1-17(26,10-29(27,28)14-6-3-12(19)4-7-14)16(25)24-13-5-2-11(9-23)15(8-13)18(20,21)22/h13,16-19H,4-12H2,1-3H3;11,14-17,21H,3-10H2,1-2H3;2-8,26H,10H2,1H3,(H,24,25)/t16-,17-,18-,19-,21-,22-;14-,15-,16-,17-,18-,19-;/m00./s1. The van der Waals surface area contributed by atoms with Crippen LogP contribution in [0, 0.1) is 74.3 Å². The number of carbonyl (C=O) groups is 4. The van der Waals surface area contributed by atoms with E-state index in [9.17, 15) is 55.4 Å². The number of nitrogens with one attached hydrogen (secondary N) is 1. The number of aliphatic hydroxyl groups is 2. The summed E-state index contributed by atoms with van der Waals surface area (Å²) in [6.45, 7) is 12.3. The normalized spacial score (nSPS) is 35.5. The van der Waals surface area contributed by atoms with Crippen LogP contribution in [0.5, 0.6) is 0 Å². The molecule has 1 unspecified atom stereocenters. The number of halogens is 4. The number of ether oxygens (including phenoxy) is 1. The van der Waals surface area contributed by atoms with Crippen LogP contribution in [-0.2, 0) is 39.9 Å². The van der Waals surface area contributed by atoms with E-state index in [0.29, 0.717) is 41.8 Å². The zero-order valence-electron chi connectivity index (χ0n) is 44.2. The minimum absolute atomic E-state index is 0.0411. The SMILES string of the molecule is CC(O)(CS(=O)(=O)c1ccc(F)cc1)C(=O)Nc1ccc(C#N)c(C(F)(F)F)c1.CCC(=O)O[C@H]1CC[C@H]2[C@@H]3CCC4=CC(=O)CC[C@]4(C)[C@H]3CC[C@]12C.C[C@]12CC[C@H]3[C@@H](CCC4=CC(=O)CC[C@@]43C)[C@@H]1CC[C@@H]2O. The number of hydrogen-bond donors (Lipinski definition) is 3. The van der Waals surface area contributed by atoms with Crippen molar-refractivity contribution in [3.63, 3.8) is 0 Å². The van der Waals surface area contributed by atoms with Crippen molar-refractivity contribution < 1.29 is 60.1 Å². The van der Waals surface area contributed by atoms with Crippen LogP contribution in [0.25, 0.3) is 0 Å². The van der Waals surface area contributed by atoms with E-state index < -0.39 is 50.2 Å². The molecule has 3 N–H and O–H groups in total. The van der Waals surface area contributed by atoms with E-state index >= 15 is 0 Å². The van der Waals surface area contributed by atoms with E-state index in [4.69, 9.17) is 10.00 Å². The average molecular weight is 1060 g/mol. The summed E-state index contributed by atoms with van der Waals surface area (Å²) in [4.78, 5) is 47.5. The Morgan fingerprint density at radius 3 is 1.83 bits per heavy atom. The summed E-state index contributed by atoms with van der Waals surface area (Å²) >= 11 is 0. The molecule has 8 aliphatic rings. The van der Waals surface area contributed by atoms with Gasteiger partial charge in [-0.15, -0.1) is 0 Å². The fourth-order valence-corrected chi connectivity index (χ4v) is 17.4. The van der Waals surface area contributed by atoms with Crippen LogP contribution in [0.1, 0.15) is 162 Å². The molecule has 2 aromatic carbocycles. The summed E-state index contributed by atoms with van der Waals surface area (Å²) in [5.74, 6) is 1.93. The third-order valence-corrected chi connectivity index (χ3v) is 22.1. The first-order valence-corrected chi connectivity index (χ1v) is 28.7. The first-order valence-electron chi connectivity index (χ1n) is 27.1. The van der Waals surface area contributed by atoms with Gasteiger partial charge < -0.3 is 20.3 Å². The molecule has 16 heteroatoms. The van der Waals surface area contributed by atoms with Gasteiger partial charge in [0.2, 0.25) is 0 Å². The largest absolute Gasteiger partial charge is 0.462 e. The van der Waals surface area contributed by atoms with Crippen molar-refractivity contribution in [2.45, 2.75) is 180 Å². The molecule has 1 amide bonds. The number of hydrogen-bond acceptors (Lipinski definition) is 10. The van der Waals surface area contributed by atoms with Gasteiger partial charge in [0.1, 0.15) is 11.9 Å². The lowest BCUT2D eigenvalue weighted by molar-refractivity contribution is -0.159. The van der Waals surface area contributed by atoms with Crippen molar-refractivity contribution in [3.05, 3.63) is 82.7 Å². The summed E-state index contributed by atoms with van der Waals surface area (Å²) in [5.41, 5.74) is -1.15. The number of fused-ring (bicyclic) bond motifs is 10. The highest BCUT2D eigenvalue weighted by atomic mass is 32.2. The van der Waals surface area contributed by atoms with E-state index in [0.717, 1.165) is 119 Å². The topological polar surface area (TPSA) is 188 Å². The highest BCUT2D eigenvalue weighted by Crippen LogP contribution is 2.67. The van der Waals surface area contributed by atoms with E-state index in [-0.39, 0.29) is 50.4 Å². The predicted octanol–water partition coefficient (Wildman–Crippen LogP) is 11.6. The Morgan fingerprint density at radius 2 is 1.29 bits per heavy atom. The number of ketones is 2. The molecular formula is C59H74F4N2O9S. The molecule has 6 saturated carbocycles. The van der Waals surface area contributed by atoms with Gasteiger partial charge in [-0.1, -0.05) is 45.8 Å². The van der Waals surface area contributed by atoms with Crippen LogP contribution in [0.4, 0.5) is 23.2 Å². The first-order chi connectivity index (χ1) is 35.1. The van der Waals surface area contributed by atoms with Gasteiger partial charge in [-0.2, -0.15) is 18.4 Å². The maximum atomic E-state index is 13.0. The molecule has 0 aliphatic heterocycles. The third kappa shape index (κ3) is 10.8. The molecule has 0 saturated heterocycles. The van der Waals surface area contributed by atoms with E-state index in [2.05, 4.69) is 27.7 Å². The third-order valence-electron chi connectivity index (χ3n) is 20.2. The molecule has 75 heavy (non-hydrogen) atoms. The maximum Gasteiger partial charge on any atom is 0.417 e. The first kappa shape index (κ1) is 56.5. The summed E-state index contributed by atoms with van der Waals surface area (Å²) in [7, 11) is -4.21. The number of nitriles is 1. The Kier molecular flexibility index (Phi) is 15.7. The van der Waals surface area contributed by atoms with Crippen LogP contribution in [0.3, 0.4) is 0 Å². The Morgan fingerprint density at radius 1 is 0.760 bits per heavy atom. The van der Waals surface area contributed by atoms with Crippen LogP contribution in [0.2, 0.25) is 0 Å². The molecule has 0 spiro atoms. The van der Waals surface area contributed by atoms with E-state index in [1.165, 1.54) is 62.2 Å². The van der Waals surface area contributed by atoms with Crippen molar-refractivity contribution in [2.24, 2.45) is 57.2 Å². The Bertz CT molecular complexity index is 2780. The van der Waals surface area contributed by atoms with Crippen LogP contribution in [0.15, 0.2) is 70.7 Å². The molecule has 0 aromatic heterocycles. The number of rotatable bonds is 7. The quantitative estimate of drug-likeness (QED) is 0.137. The summed E-state index contributed by atoms with van der Waals surface area (Å²) < 4.78 is 82.5. The van der Waals surface area contributed by atoms with Gasteiger partial charge in [0, 0.05) is 30.4 Å². The lowest BCUT2D eigenvalue weighted by atomic mass is 9.47. The number of esters is 1. The smallest absolute Gasteiger partial charge is 0.417 e. The van der Waals surface area contributed by atoms with Gasteiger partial charge in [0.05, 0.1) is 33.9 Å². The molecule has 0 bridgehead atoms. The van der Waals surface area contributed by atoms with Crippen molar-refractivity contribution in [3.8, 4) is 6.07 Å². The minimum atomic E-state index is -4.86. The van der Waals surface area contributed by atoms with Crippen molar-refractivity contribution in [1.82, 2.24) is 0 Å². The van der Waals surface area contributed by atoms with Crippen LogP contribution >= 0.6 is 0 Å². The predicted molar refractivity (Wildman–Crippen MR) is 273 cm³/mol. The molecule has 11 nitrogen and oxygen atoms in total. The number of carbonyl (C=O) groups excluding carboxylic acids is 4. The number of anilines is 1. The van der Waals surface area contributed by atoms with Gasteiger partial charge in [-0.05, 0) is 203 Å². The number of amides is 1. The second kappa shape index (κ2) is 20.9. The van der Waals surface area contributed by atoms with Crippen molar-refractivity contribution in [1.29, 1.82) is 5.26 Å². The summed E-state index contributed by atoms with van der Waals surface area (Å²) in [5, 5.41) is 31.5. The molecule has 0 heterocycles. The highest BCUT2D eigenvalue weighted by Gasteiger charge is 2.61. The van der Waals surface area contributed by atoms with Gasteiger partial charge in [0.15, 0.2) is 27.0 Å². The zero-order valence-corrected chi connectivity index (χ0v) is 45.0. The number of nitrogens with zero attached hydrogens (tertiary/aromatic N) is 1. The minimum Gasteiger partial charge on any atom is -0.462 e. The molecule has 2 aromatic rings. The molecule has 10 rings (SSSR count). The second-order valence-corrected chi connectivity index (χ2v) is 26.3. The van der Waals surface area contributed by atoms with Gasteiger partial charge >= 0.3 is 12.1 Å². The second-order valence-electron chi connectivity index (χ2n) is 24.3.